The van der Waals surface area contributed by atoms with E-state index in [1.54, 1.807) is 0 Å². The summed E-state index contributed by atoms with van der Waals surface area (Å²) in [7, 11) is 0. The van der Waals surface area contributed by atoms with Gasteiger partial charge in [-0.2, -0.15) is 0 Å². The van der Waals surface area contributed by atoms with E-state index >= 15 is 0 Å². The van der Waals surface area contributed by atoms with Gasteiger partial charge in [0.2, 0.25) is 0 Å². The van der Waals surface area contributed by atoms with Gasteiger partial charge in [0.1, 0.15) is 0 Å². The summed E-state index contributed by atoms with van der Waals surface area (Å²) < 4.78 is 0. The Kier molecular flexibility index (Phi) is 25.1. The second-order valence-electron chi connectivity index (χ2n) is 13.8. The maximum absolute atomic E-state index is 4.00. The first-order valence-electron chi connectivity index (χ1n) is 18.8. The summed E-state index contributed by atoms with van der Waals surface area (Å²) in [5.74, 6) is 0. The lowest BCUT2D eigenvalue weighted by Gasteiger charge is -2.51. The summed E-state index contributed by atoms with van der Waals surface area (Å²) in [5, 5.41) is 4.00. The fraction of sp³-hybridized carbons (Fsp3) is 1.00. The SMILES string of the molecule is CCCCCCCCCCCCCCN1CCCNC1C(C)(C)N(CCCCCCCC)CCCCCCCC. The fourth-order valence-corrected chi connectivity index (χ4v) is 6.90. The number of hydrogen-bond donors (Lipinski definition) is 1. The van der Waals surface area contributed by atoms with E-state index in [-0.39, 0.29) is 5.54 Å². The minimum Gasteiger partial charge on any atom is -0.300 e. The molecule has 1 atom stereocenters. The van der Waals surface area contributed by atoms with Gasteiger partial charge in [0.05, 0.1) is 6.17 Å². The molecule has 240 valence electrons. The van der Waals surface area contributed by atoms with Crippen molar-refractivity contribution in [1.29, 1.82) is 0 Å². The van der Waals surface area contributed by atoms with Gasteiger partial charge in [0.15, 0.2) is 0 Å². The topological polar surface area (TPSA) is 18.5 Å². The number of nitrogens with zero attached hydrogens (tertiary/aromatic N) is 2. The molecular weight excluding hydrogens is 486 g/mol. The Balaban J connectivity index is 2.46. The third-order valence-corrected chi connectivity index (χ3v) is 9.67. The molecule has 1 fully saturated rings. The Hall–Kier alpha value is -0.120. The van der Waals surface area contributed by atoms with Crippen LogP contribution in [0.25, 0.3) is 0 Å². The van der Waals surface area contributed by atoms with E-state index < -0.39 is 0 Å². The quantitative estimate of drug-likeness (QED) is 0.0913. The van der Waals surface area contributed by atoms with Crippen molar-refractivity contribution in [2.45, 2.75) is 207 Å². The van der Waals surface area contributed by atoms with Gasteiger partial charge >= 0.3 is 0 Å². The van der Waals surface area contributed by atoms with Gasteiger partial charge in [-0.25, -0.2) is 0 Å². The molecule has 1 unspecified atom stereocenters. The van der Waals surface area contributed by atoms with Crippen LogP contribution in [0.3, 0.4) is 0 Å². The highest BCUT2D eigenvalue weighted by atomic mass is 15.4. The van der Waals surface area contributed by atoms with Crippen LogP contribution in [0, 0.1) is 0 Å². The van der Waals surface area contributed by atoms with Gasteiger partial charge in [0.25, 0.3) is 0 Å². The lowest BCUT2D eigenvalue weighted by Crippen LogP contribution is -2.67. The lowest BCUT2D eigenvalue weighted by atomic mass is 9.93. The summed E-state index contributed by atoms with van der Waals surface area (Å²) in [4.78, 5) is 5.72. The molecule has 40 heavy (non-hydrogen) atoms. The standard InChI is InChI=1S/C37H77N3/c1-6-9-12-15-18-19-20-21-22-23-24-27-32-39-33-30-31-38-36(39)37(4,5)40(34-28-25-16-13-10-7-2)35-29-26-17-14-11-8-3/h36,38H,6-35H2,1-5H3. The molecular formula is C37H77N3. The lowest BCUT2D eigenvalue weighted by molar-refractivity contribution is -0.0158. The predicted molar refractivity (Wildman–Crippen MR) is 181 cm³/mol. The second-order valence-corrected chi connectivity index (χ2v) is 13.8. The van der Waals surface area contributed by atoms with E-state index in [1.165, 1.54) is 193 Å². The Morgan fingerprint density at radius 3 is 1.35 bits per heavy atom. The van der Waals surface area contributed by atoms with Crippen molar-refractivity contribution in [3.63, 3.8) is 0 Å². The predicted octanol–water partition coefficient (Wildman–Crippen LogP) is 11.1. The zero-order valence-electron chi connectivity index (χ0n) is 28.7. The highest BCUT2D eigenvalue weighted by Gasteiger charge is 2.39. The Morgan fingerprint density at radius 1 is 0.550 bits per heavy atom. The van der Waals surface area contributed by atoms with Crippen molar-refractivity contribution < 1.29 is 0 Å². The molecule has 0 spiro atoms. The summed E-state index contributed by atoms with van der Waals surface area (Å²) in [5.41, 5.74) is 0.185. The average Bonchev–Trinajstić information content (AvgIpc) is 2.96. The number of hydrogen-bond acceptors (Lipinski definition) is 3. The Bertz CT molecular complexity index is 504. The molecule has 1 heterocycles. The molecule has 0 radical (unpaired) electrons. The maximum Gasteiger partial charge on any atom is 0.0781 e. The van der Waals surface area contributed by atoms with Crippen LogP contribution in [0.5, 0.6) is 0 Å². The first-order chi connectivity index (χ1) is 19.6. The van der Waals surface area contributed by atoms with E-state index in [9.17, 15) is 0 Å². The van der Waals surface area contributed by atoms with Gasteiger partial charge in [-0.3, -0.25) is 9.80 Å². The van der Waals surface area contributed by atoms with E-state index in [0.29, 0.717) is 6.17 Å². The largest absolute Gasteiger partial charge is 0.300 e. The van der Waals surface area contributed by atoms with Crippen molar-refractivity contribution in [3.05, 3.63) is 0 Å². The molecule has 0 saturated carbocycles. The van der Waals surface area contributed by atoms with Crippen molar-refractivity contribution >= 4 is 0 Å². The smallest absolute Gasteiger partial charge is 0.0781 e. The normalized spacial score (nSPS) is 16.8. The molecule has 0 aromatic heterocycles. The Labute approximate surface area is 254 Å². The monoisotopic (exact) mass is 564 g/mol. The van der Waals surface area contributed by atoms with Crippen LogP contribution in [0.4, 0.5) is 0 Å². The van der Waals surface area contributed by atoms with Crippen LogP contribution in [-0.4, -0.2) is 54.2 Å². The van der Waals surface area contributed by atoms with Crippen LogP contribution >= 0.6 is 0 Å². The van der Waals surface area contributed by atoms with Gasteiger partial charge in [0, 0.05) is 12.1 Å². The van der Waals surface area contributed by atoms with Gasteiger partial charge in [-0.15, -0.1) is 0 Å². The zero-order valence-corrected chi connectivity index (χ0v) is 28.7. The zero-order chi connectivity index (χ0) is 29.2. The molecule has 1 aliphatic heterocycles. The molecule has 0 aromatic rings. The summed E-state index contributed by atoms with van der Waals surface area (Å²) >= 11 is 0. The van der Waals surface area contributed by atoms with E-state index in [0.717, 1.165) is 0 Å². The third kappa shape index (κ3) is 18.4. The van der Waals surface area contributed by atoms with Crippen LogP contribution < -0.4 is 5.32 Å². The first kappa shape index (κ1) is 37.9. The molecule has 0 bridgehead atoms. The maximum atomic E-state index is 4.00. The third-order valence-electron chi connectivity index (χ3n) is 9.67. The molecule has 0 aliphatic carbocycles. The van der Waals surface area contributed by atoms with Crippen LogP contribution in [-0.2, 0) is 0 Å². The molecule has 3 heteroatoms. The minimum atomic E-state index is 0.185. The van der Waals surface area contributed by atoms with Crippen molar-refractivity contribution in [1.82, 2.24) is 15.1 Å². The highest BCUT2D eigenvalue weighted by molar-refractivity contribution is 4.95. The summed E-state index contributed by atoms with van der Waals surface area (Å²) in [6.07, 6.45) is 35.8. The number of rotatable bonds is 29. The summed E-state index contributed by atoms with van der Waals surface area (Å²) in [6, 6.07) is 0. The van der Waals surface area contributed by atoms with E-state index in [4.69, 9.17) is 0 Å². The first-order valence-corrected chi connectivity index (χ1v) is 18.8. The van der Waals surface area contributed by atoms with Crippen LogP contribution in [0.1, 0.15) is 195 Å². The van der Waals surface area contributed by atoms with Gasteiger partial charge in [-0.1, -0.05) is 156 Å². The van der Waals surface area contributed by atoms with Gasteiger partial charge < -0.3 is 5.32 Å². The van der Waals surface area contributed by atoms with E-state index in [2.05, 4.69) is 49.7 Å². The highest BCUT2D eigenvalue weighted by Crippen LogP contribution is 2.26. The van der Waals surface area contributed by atoms with Crippen LogP contribution in [0.2, 0.25) is 0 Å². The van der Waals surface area contributed by atoms with Crippen molar-refractivity contribution in [3.8, 4) is 0 Å². The molecule has 0 amide bonds. The molecule has 1 N–H and O–H groups in total. The van der Waals surface area contributed by atoms with Crippen molar-refractivity contribution in [2.75, 3.05) is 32.7 Å². The summed E-state index contributed by atoms with van der Waals surface area (Å²) in [6.45, 7) is 18.4. The fourth-order valence-electron chi connectivity index (χ4n) is 6.90. The molecule has 0 aromatic carbocycles. The molecule has 3 nitrogen and oxygen atoms in total. The molecule has 1 saturated heterocycles. The van der Waals surface area contributed by atoms with E-state index in [1.807, 2.05) is 0 Å². The number of nitrogens with one attached hydrogen (secondary N) is 1. The second kappa shape index (κ2) is 26.5. The molecule has 1 rings (SSSR count). The number of unbranched alkanes of at least 4 members (excludes halogenated alkanes) is 21. The van der Waals surface area contributed by atoms with Crippen molar-refractivity contribution in [2.24, 2.45) is 0 Å². The van der Waals surface area contributed by atoms with Crippen LogP contribution in [0.15, 0.2) is 0 Å². The average molecular weight is 564 g/mol. The minimum absolute atomic E-state index is 0.185. The van der Waals surface area contributed by atoms with Gasteiger partial charge in [-0.05, 0) is 65.7 Å². The Morgan fingerprint density at radius 2 is 0.925 bits per heavy atom. The molecule has 1 aliphatic rings.